The number of rotatable bonds is 8. The third kappa shape index (κ3) is 4.14. The maximum atomic E-state index is 5.45. The van der Waals surface area contributed by atoms with E-state index in [9.17, 15) is 0 Å². The Hall–Kier alpha value is -0.683. The first-order valence-corrected chi connectivity index (χ1v) is 8.84. The van der Waals surface area contributed by atoms with Gasteiger partial charge in [-0.05, 0) is 36.0 Å². The van der Waals surface area contributed by atoms with Crippen molar-refractivity contribution < 1.29 is 13.3 Å². The van der Waals surface area contributed by atoms with E-state index in [1.54, 1.807) is 21.3 Å². The molecule has 108 valence electrons. The average molecular weight is 282 g/mol. The summed E-state index contributed by atoms with van der Waals surface area (Å²) in [4.78, 5) is 0. The summed E-state index contributed by atoms with van der Waals surface area (Å²) in [5, 5.41) is 0. The third-order valence-corrected chi connectivity index (χ3v) is 6.41. The molecule has 0 aromatic heterocycles. The minimum absolute atomic E-state index is 0.811. The highest BCUT2D eigenvalue weighted by Crippen LogP contribution is 2.19. The molecule has 4 heteroatoms. The van der Waals surface area contributed by atoms with Crippen LogP contribution in [0.2, 0.25) is 6.04 Å². The normalized spacial score (nSPS) is 11.8. The van der Waals surface area contributed by atoms with Crippen LogP contribution in [0.15, 0.2) is 18.2 Å². The number of hydrogen-bond acceptors (Lipinski definition) is 3. The van der Waals surface area contributed by atoms with Crippen molar-refractivity contribution in [1.82, 2.24) is 0 Å². The summed E-state index contributed by atoms with van der Waals surface area (Å²) < 4.78 is 16.4. The molecule has 0 fully saturated rings. The molecule has 3 nitrogen and oxygen atoms in total. The molecule has 0 N–H and O–H groups in total. The van der Waals surface area contributed by atoms with Crippen molar-refractivity contribution in [1.29, 1.82) is 0 Å². The minimum atomic E-state index is -2.45. The summed E-state index contributed by atoms with van der Waals surface area (Å²) in [6, 6.07) is 7.56. The summed E-state index contributed by atoms with van der Waals surface area (Å²) in [6.07, 6.45) is 3.10. The topological polar surface area (TPSA) is 27.7 Å². The molecule has 19 heavy (non-hydrogen) atoms. The van der Waals surface area contributed by atoms with Crippen LogP contribution < -0.4 is 0 Å². The lowest BCUT2D eigenvalue weighted by Gasteiger charge is -2.24. The third-order valence-electron chi connectivity index (χ3n) is 3.69. The molecule has 0 aliphatic rings. The van der Waals surface area contributed by atoms with Gasteiger partial charge in [0.25, 0.3) is 0 Å². The van der Waals surface area contributed by atoms with Crippen LogP contribution in [-0.4, -0.2) is 30.1 Å². The van der Waals surface area contributed by atoms with Crippen LogP contribution in [0.5, 0.6) is 0 Å². The highest BCUT2D eigenvalue weighted by atomic mass is 28.4. The second kappa shape index (κ2) is 7.80. The highest BCUT2D eigenvalue weighted by Gasteiger charge is 2.37. The van der Waals surface area contributed by atoms with E-state index in [1.807, 2.05) is 0 Å². The summed E-state index contributed by atoms with van der Waals surface area (Å²) in [6.45, 7) is 4.41. The Kier molecular flexibility index (Phi) is 6.72. The molecule has 1 aromatic carbocycles. The largest absolute Gasteiger partial charge is 0.500 e. The zero-order valence-electron chi connectivity index (χ0n) is 12.8. The van der Waals surface area contributed by atoms with Crippen LogP contribution >= 0.6 is 0 Å². The van der Waals surface area contributed by atoms with E-state index in [-0.39, 0.29) is 0 Å². The van der Waals surface area contributed by atoms with Gasteiger partial charge in [-0.2, -0.15) is 0 Å². The lowest BCUT2D eigenvalue weighted by molar-refractivity contribution is 0.123. The first-order chi connectivity index (χ1) is 9.14. The van der Waals surface area contributed by atoms with Crippen LogP contribution in [0.3, 0.4) is 0 Å². The SMILES string of the molecule is CCc1ccc(CC[Si](OC)(OC)OC)cc1CC. The van der Waals surface area contributed by atoms with Gasteiger partial charge in [-0.3, -0.25) is 0 Å². The number of hydrogen-bond donors (Lipinski definition) is 0. The maximum Gasteiger partial charge on any atom is 0.500 e. The fourth-order valence-corrected chi connectivity index (χ4v) is 4.07. The maximum absolute atomic E-state index is 5.45. The molecule has 1 rings (SSSR count). The van der Waals surface area contributed by atoms with Gasteiger partial charge in [-0.15, -0.1) is 0 Å². The van der Waals surface area contributed by atoms with Gasteiger partial charge in [0.15, 0.2) is 0 Å². The van der Waals surface area contributed by atoms with Gasteiger partial charge < -0.3 is 13.3 Å². The van der Waals surface area contributed by atoms with E-state index in [0.29, 0.717) is 0 Å². The molecule has 0 saturated carbocycles. The van der Waals surface area contributed by atoms with Gasteiger partial charge in [-0.25, -0.2) is 0 Å². The van der Waals surface area contributed by atoms with Crippen molar-refractivity contribution in [3.8, 4) is 0 Å². The molecule has 0 aliphatic carbocycles. The van der Waals surface area contributed by atoms with E-state index in [0.717, 1.165) is 25.3 Å². The molecule has 0 spiro atoms. The molecule has 0 aliphatic heterocycles. The predicted octanol–water partition coefficient (Wildman–Crippen LogP) is 3.23. The molecule has 0 radical (unpaired) electrons. The second-order valence-electron chi connectivity index (χ2n) is 4.61. The minimum Gasteiger partial charge on any atom is -0.377 e. The van der Waals surface area contributed by atoms with Crippen molar-refractivity contribution in [3.05, 3.63) is 34.9 Å². The molecule has 0 amide bonds. The number of benzene rings is 1. The highest BCUT2D eigenvalue weighted by molar-refractivity contribution is 6.60. The van der Waals surface area contributed by atoms with Crippen molar-refractivity contribution in [2.24, 2.45) is 0 Å². The molecule has 0 saturated heterocycles. The molecular formula is C15H26O3Si. The lowest BCUT2D eigenvalue weighted by atomic mass is 9.99. The van der Waals surface area contributed by atoms with Crippen molar-refractivity contribution in [3.63, 3.8) is 0 Å². The quantitative estimate of drug-likeness (QED) is 0.685. The molecule has 1 aromatic rings. The average Bonchev–Trinajstić information content (AvgIpc) is 2.49. The van der Waals surface area contributed by atoms with Crippen LogP contribution in [0.4, 0.5) is 0 Å². The van der Waals surface area contributed by atoms with Gasteiger partial charge in [0.2, 0.25) is 0 Å². The van der Waals surface area contributed by atoms with Crippen molar-refractivity contribution >= 4 is 8.80 Å². The van der Waals surface area contributed by atoms with E-state index in [1.165, 1.54) is 16.7 Å². The van der Waals surface area contributed by atoms with Gasteiger partial charge >= 0.3 is 8.80 Å². The summed E-state index contributed by atoms with van der Waals surface area (Å²) in [7, 11) is 2.54. The van der Waals surface area contributed by atoms with Crippen molar-refractivity contribution in [2.75, 3.05) is 21.3 Å². The summed E-state index contributed by atoms with van der Waals surface area (Å²) in [5.41, 5.74) is 4.22. The molecule has 0 bridgehead atoms. The summed E-state index contributed by atoms with van der Waals surface area (Å²) in [5.74, 6) is 0. The second-order valence-corrected chi connectivity index (χ2v) is 7.70. The van der Waals surface area contributed by atoms with E-state index in [4.69, 9.17) is 13.3 Å². The first-order valence-electron chi connectivity index (χ1n) is 6.90. The van der Waals surface area contributed by atoms with Crippen LogP contribution in [0, 0.1) is 0 Å². The Bertz CT molecular complexity index is 381. The summed E-state index contributed by atoms with van der Waals surface area (Å²) >= 11 is 0. The first kappa shape index (κ1) is 16.4. The van der Waals surface area contributed by atoms with Gasteiger partial charge in [-0.1, -0.05) is 32.0 Å². The van der Waals surface area contributed by atoms with Gasteiger partial charge in [0.05, 0.1) is 0 Å². The fraction of sp³-hybridized carbons (Fsp3) is 0.600. The van der Waals surface area contributed by atoms with Gasteiger partial charge in [0, 0.05) is 27.4 Å². The monoisotopic (exact) mass is 282 g/mol. The Labute approximate surface area is 118 Å². The Morgan fingerprint density at radius 1 is 0.895 bits per heavy atom. The fourth-order valence-electron chi connectivity index (χ4n) is 2.36. The zero-order chi connectivity index (χ0) is 14.3. The van der Waals surface area contributed by atoms with Gasteiger partial charge in [0.1, 0.15) is 0 Å². The molecule has 0 heterocycles. The predicted molar refractivity (Wildman–Crippen MR) is 80.5 cm³/mol. The lowest BCUT2D eigenvalue weighted by Crippen LogP contribution is -2.43. The van der Waals surface area contributed by atoms with E-state index in [2.05, 4.69) is 32.0 Å². The smallest absolute Gasteiger partial charge is 0.377 e. The number of aryl methyl sites for hydroxylation is 3. The zero-order valence-corrected chi connectivity index (χ0v) is 13.8. The standard InChI is InChI=1S/C15H26O3Si/c1-6-14-9-8-13(12-15(14)7-2)10-11-19(16-3,17-4)18-5/h8-9,12H,6-7,10-11H2,1-5H3. The van der Waals surface area contributed by atoms with E-state index >= 15 is 0 Å². The Balaban J connectivity index is 2.77. The molecule has 0 atom stereocenters. The van der Waals surface area contributed by atoms with Crippen molar-refractivity contribution in [2.45, 2.75) is 39.2 Å². The molecular weight excluding hydrogens is 256 g/mol. The van der Waals surface area contributed by atoms with E-state index < -0.39 is 8.80 Å². The Morgan fingerprint density at radius 2 is 1.47 bits per heavy atom. The Morgan fingerprint density at radius 3 is 1.95 bits per heavy atom. The molecule has 0 unspecified atom stereocenters. The van der Waals surface area contributed by atoms with Crippen LogP contribution in [0.1, 0.15) is 30.5 Å². The van der Waals surface area contributed by atoms with Crippen LogP contribution in [0.25, 0.3) is 0 Å². The van der Waals surface area contributed by atoms with Crippen LogP contribution in [-0.2, 0) is 32.5 Å².